The molecule has 0 aliphatic rings. The maximum Gasteiger partial charge on any atom is 0.222 e. The Morgan fingerprint density at radius 1 is 1.45 bits per heavy atom. The predicted octanol–water partition coefficient (Wildman–Crippen LogP) is 0.440. The number of hydrogen-bond acceptors (Lipinski definition) is 4. The summed E-state index contributed by atoms with van der Waals surface area (Å²) in [5.74, 6) is 0.400. The number of rotatable bonds is 3. The number of nitrogens with zero attached hydrogens (tertiary/aromatic N) is 2. The highest BCUT2D eigenvalue weighted by Crippen LogP contribution is 1.99. The van der Waals surface area contributed by atoms with E-state index in [0.29, 0.717) is 11.6 Å². The lowest BCUT2D eigenvalue weighted by Gasteiger charge is -1.99. The number of nitrogens with one attached hydrogen (secondary N) is 1. The van der Waals surface area contributed by atoms with Gasteiger partial charge in [-0.05, 0) is 0 Å². The van der Waals surface area contributed by atoms with E-state index >= 15 is 0 Å². The molecule has 0 amide bonds. The Morgan fingerprint density at radius 2 is 2.09 bits per heavy atom. The van der Waals surface area contributed by atoms with E-state index < -0.39 is 6.67 Å². The molecule has 0 saturated heterocycles. The monoisotopic (exact) mass is 156 g/mol. The molecule has 11 heavy (non-hydrogen) atoms. The van der Waals surface area contributed by atoms with Gasteiger partial charge in [-0.1, -0.05) is 0 Å². The summed E-state index contributed by atoms with van der Waals surface area (Å²) in [4.78, 5) is 7.60. The molecule has 3 N–H and O–H groups in total. The minimum atomic E-state index is -0.437. The Balaban J connectivity index is 2.52. The Bertz CT molecular complexity index is 210. The number of nitrogen functional groups attached to an aromatic ring is 1. The Kier molecular flexibility index (Phi) is 2.59. The first-order valence-corrected chi connectivity index (χ1v) is 3.20. The van der Waals surface area contributed by atoms with Gasteiger partial charge in [-0.3, -0.25) is 0 Å². The number of aromatic nitrogens is 2. The van der Waals surface area contributed by atoms with E-state index in [4.69, 9.17) is 5.73 Å². The molecule has 0 spiro atoms. The lowest BCUT2D eigenvalue weighted by atomic mass is 10.6. The molecule has 0 fully saturated rings. The highest BCUT2D eigenvalue weighted by molar-refractivity contribution is 5.35. The maximum atomic E-state index is 11.6. The van der Waals surface area contributed by atoms with Gasteiger partial charge in [-0.15, -0.1) is 0 Å². The molecule has 0 unspecified atom stereocenters. The molecule has 5 heteroatoms. The first kappa shape index (κ1) is 7.71. The van der Waals surface area contributed by atoms with Crippen LogP contribution in [0.4, 0.5) is 16.0 Å². The fourth-order valence-electron chi connectivity index (χ4n) is 0.588. The Labute approximate surface area is 63.7 Å². The third kappa shape index (κ3) is 2.37. The molecule has 0 saturated carbocycles. The van der Waals surface area contributed by atoms with Crippen LogP contribution in [0.5, 0.6) is 0 Å². The molecule has 1 heterocycles. The molecule has 4 nitrogen and oxygen atoms in total. The second kappa shape index (κ2) is 3.70. The molecule has 1 aromatic rings. The van der Waals surface area contributed by atoms with Gasteiger partial charge in [-0.2, -0.15) is 0 Å². The Hall–Kier alpha value is -1.39. The summed E-state index contributed by atoms with van der Waals surface area (Å²) in [5.41, 5.74) is 5.82. The predicted molar refractivity (Wildman–Crippen MR) is 40.9 cm³/mol. The molecule has 0 aromatic carbocycles. The van der Waals surface area contributed by atoms with Crippen molar-refractivity contribution in [2.45, 2.75) is 0 Å². The van der Waals surface area contributed by atoms with Crippen LogP contribution in [0.2, 0.25) is 0 Å². The van der Waals surface area contributed by atoms with Crippen molar-refractivity contribution < 1.29 is 4.39 Å². The van der Waals surface area contributed by atoms with Gasteiger partial charge < -0.3 is 11.1 Å². The lowest BCUT2D eigenvalue weighted by Crippen LogP contribution is -2.06. The summed E-state index contributed by atoms with van der Waals surface area (Å²) in [6, 6.07) is 0. The molecule has 0 radical (unpaired) electrons. The average molecular weight is 156 g/mol. The number of halogens is 1. The Morgan fingerprint density at radius 3 is 2.64 bits per heavy atom. The van der Waals surface area contributed by atoms with Crippen LogP contribution in [0.15, 0.2) is 12.4 Å². The second-order valence-electron chi connectivity index (χ2n) is 1.96. The van der Waals surface area contributed by atoms with Crippen molar-refractivity contribution in [2.75, 3.05) is 24.3 Å². The van der Waals surface area contributed by atoms with Crippen LogP contribution in [0.25, 0.3) is 0 Å². The van der Waals surface area contributed by atoms with Crippen LogP contribution in [0.3, 0.4) is 0 Å². The van der Waals surface area contributed by atoms with Crippen LogP contribution in [0.1, 0.15) is 0 Å². The van der Waals surface area contributed by atoms with Crippen molar-refractivity contribution in [1.82, 2.24) is 9.97 Å². The van der Waals surface area contributed by atoms with E-state index in [0.717, 1.165) is 0 Å². The quantitative estimate of drug-likeness (QED) is 0.666. The summed E-state index contributed by atoms with van der Waals surface area (Å²) >= 11 is 0. The zero-order valence-electron chi connectivity index (χ0n) is 5.92. The fraction of sp³-hybridized carbons (Fsp3) is 0.333. The lowest BCUT2D eigenvalue weighted by molar-refractivity contribution is 0.512. The molecular formula is C6H9FN4. The molecule has 1 rings (SSSR count). The maximum absolute atomic E-state index is 11.6. The van der Waals surface area contributed by atoms with Gasteiger partial charge in [0.2, 0.25) is 5.95 Å². The van der Waals surface area contributed by atoms with Gasteiger partial charge >= 0.3 is 0 Å². The summed E-state index contributed by atoms with van der Waals surface area (Å²) in [5, 5.41) is 2.67. The van der Waals surface area contributed by atoms with E-state index in [2.05, 4.69) is 15.3 Å². The van der Waals surface area contributed by atoms with Gasteiger partial charge in [-0.25, -0.2) is 14.4 Å². The van der Waals surface area contributed by atoms with Crippen molar-refractivity contribution in [3.05, 3.63) is 12.4 Å². The van der Waals surface area contributed by atoms with Gasteiger partial charge in [0.25, 0.3) is 0 Å². The van der Waals surface area contributed by atoms with Gasteiger partial charge in [0.1, 0.15) is 6.67 Å². The van der Waals surface area contributed by atoms with E-state index in [9.17, 15) is 4.39 Å². The van der Waals surface area contributed by atoms with Crippen molar-refractivity contribution >= 4 is 11.6 Å². The van der Waals surface area contributed by atoms with Gasteiger partial charge in [0, 0.05) is 6.54 Å². The highest BCUT2D eigenvalue weighted by Gasteiger charge is 1.92. The van der Waals surface area contributed by atoms with Crippen molar-refractivity contribution in [2.24, 2.45) is 0 Å². The standard InChI is InChI=1S/C6H9FN4/c7-1-2-9-6-10-3-5(8)4-11-6/h3-4H,1-2,8H2,(H,9,10,11). The minimum Gasteiger partial charge on any atom is -0.396 e. The van der Waals surface area contributed by atoms with Crippen molar-refractivity contribution in [3.63, 3.8) is 0 Å². The summed E-state index contributed by atoms with van der Waals surface area (Å²) in [6.07, 6.45) is 2.93. The smallest absolute Gasteiger partial charge is 0.222 e. The van der Waals surface area contributed by atoms with Crippen LogP contribution in [0, 0.1) is 0 Å². The zero-order chi connectivity index (χ0) is 8.10. The minimum absolute atomic E-state index is 0.226. The van der Waals surface area contributed by atoms with Crippen LogP contribution < -0.4 is 11.1 Å². The molecule has 0 bridgehead atoms. The number of alkyl halides is 1. The topological polar surface area (TPSA) is 63.8 Å². The SMILES string of the molecule is Nc1cnc(NCCF)nc1. The van der Waals surface area contributed by atoms with E-state index in [1.54, 1.807) is 0 Å². The highest BCUT2D eigenvalue weighted by atomic mass is 19.1. The molecule has 60 valence electrons. The number of anilines is 2. The molecular weight excluding hydrogens is 147 g/mol. The third-order valence-electron chi connectivity index (χ3n) is 1.05. The van der Waals surface area contributed by atoms with Crippen LogP contribution in [-0.2, 0) is 0 Å². The third-order valence-corrected chi connectivity index (χ3v) is 1.05. The molecule has 0 aliphatic heterocycles. The first-order valence-electron chi connectivity index (χ1n) is 3.20. The average Bonchev–Trinajstić information content (AvgIpc) is 2.04. The molecule has 1 aromatic heterocycles. The van der Waals surface area contributed by atoms with Crippen molar-refractivity contribution in [3.8, 4) is 0 Å². The molecule has 0 aliphatic carbocycles. The van der Waals surface area contributed by atoms with Crippen LogP contribution in [-0.4, -0.2) is 23.2 Å². The second-order valence-corrected chi connectivity index (χ2v) is 1.96. The number of nitrogens with two attached hydrogens (primary N) is 1. The fourth-order valence-corrected chi connectivity index (χ4v) is 0.588. The van der Waals surface area contributed by atoms with E-state index in [-0.39, 0.29) is 6.54 Å². The summed E-state index contributed by atoms with van der Waals surface area (Å²) in [6.45, 7) is -0.211. The molecule has 0 atom stereocenters. The zero-order valence-corrected chi connectivity index (χ0v) is 5.92. The van der Waals surface area contributed by atoms with E-state index in [1.165, 1.54) is 12.4 Å². The summed E-state index contributed by atoms with van der Waals surface area (Å²) in [7, 11) is 0. The normalized spacial score (nSPS) is 9.55. The number of hydrogen-bond donors (Lipinski definition) is 2. The van der Waals surface area contributed by atoms with Crippen LogP contribution >= 0.6 is 0 Å². The van der Waals surface area contributed by atoms with Gasteiger partial charge in [0.05, 0.1) is 18.1 Å². The van der Waals surface area contributed by atoms with Crippen molar-refractivity contribution in [1.29, 1.82) is 0 Å². The first-order chi connectivity index (χ1) is 5.33. The van der Waals surface area contributed by atoms with E-state index in [1.807, 2.05) is 0 Å². The largest absolute Gasteiger partial charge is 0.396 e. The summed E-state index contributed by atoms with van der Waals surface area (Å²) < 4.78 is 11.6. The van der Waals surface area contributed by atoms with Gasteiger partial charge in [0.15, 0.2) is 0 Å².